The highest BCUT2D eigenvalue weighted by atomic mass is 16.7. The quantitative estimate of drug-likeness (QED) is 0.688. The van der Waals surface area contributed by atoms with Crippen molar-refractivity contribution in [2.75, 3.05) is 20.8 Å². The molecule has 1 saturated carbocycles. The molecule has 2 fully saturated rings. The van der Waals surface area contributed by atoms with Gasteiger partial charge in [-0.2, -0.15) is 0 Å². The molecule has 1 heterocycles. The molecule has 0 spiro atoms. The minimum atomic E-state index is -0.0494. The Morgan fingerprint density at radius 3 is 2.31 bits per heavy atom. The van der Waals surface area contributed by atoms with E-state index in [1.807, 2.05) is 0 Å². The maximum atomic E-state index is 11.4. The summed E-state index contributed by atoms with van der Waals surface area (Å²) in [6.45, 7) is 0.812. The molecule has 0 amide bonds. The summed E-state index contributed by atoms with van der Waals surface area (Å²) in [5, 5.41) is 0. The minimum Gasteiger partial charge on any atom is -0.469 e. The molecule has 92 valence electrons. The van der Waals surface area contributed by atoms with E-state index in [4.69, 9.17) is 14.2 Å². The predicted molar refractivity (Wildman–Crippen MR) is 57.7 cm³/mol. The largest absolute Gasteiger partial charge is 0.469 e. The molecule has 2 unspecified atom stereocenters. The topological polar surface area (TPSA) is 44.8 Å². The van der Waals surface area contributed by atoms with Crippen molar-refractivity contribution in [1.82, 2.24) is 0 Å². The fourth-order valence-corrected chi connectivity index (χ4v) is 2.84. The number of ether oxygens (including phenoxy) is 3. The number of hydrogen-bond donors (Lipinski definition) is 0. The maximum Gasteiger partial charge on any atom is 0.308 e. The molecule has 0 aromatic rings. The Morgan fingerprint density at radius 1 is 1.19 bits per heavy atom. The number of carbonyl (C=O) groups is 1. The fraction of sp³-hybridized carbons (Fsp3) is 0.917. The first-order valence-electron chi connectivity index (χ1n) is 5.98. The summed E-state index contributed by atoms with van der Waals surface area (Å²) >= 11 is 0. The Labute approximate surface area is 96.2 Å². The Morgan fingerprint density at radius 2 is 1.88 bits per heavy atom. The van der Waals surface area contributed by atoms with Crippen LogP contribution in [0.4, 0.5) is 0 Å². The molecule has 0 aromatic heterocycles. The van der Waals surface area contributed by atoms with Gasteiger partial charge in [0.15, 0.2) is 6.29 Å². The van der Waals surface area contributed by atoms with Crippen LogP contribution in [0.25, 0.3) is 0 Å². The highest BCUT2D eigenvalue weighted by Crippen LogP contribution is 2.39. The van der Waals surface area contributed by atoms with Crippen LogP contribution in [0.5, 0.6) is 0 Å². The molecular weight excluding hydrogens is 208 g/mol. The second-order valence-electron chi connectivity index (χ2n) is 4.74. The summed E-state index contributed by atoms with van der Waals surface area (Å²) in [6, 6.07) is 0. The van der Waals surface area contributed by atoms with E-state index in [1.165, 1.54) is 7.11 Å². The summed E-state index contributed by atoms with van der Waals surface area (Å²) in [5.41, 5.74) is 0. The third-order valence-electron chi connectivity index (χ3n) is 3.95. The first-order chi connectivity index (χ1) is 7.76. The Hall–Kier alpha value is -0.610. The monoisotopic (exact) mass is 228 g/mol. The maximum absolute atomic E-state index is 11.4. The summed E-state index contributed by atoms with van der Waals surface area (Å²) in [5.74, 6) is 1.25. The van der Waals surface area contributed by atoms with Gasteiger partial charge in [-0.1, -0.05) is 0 Å². The summed E-state index contributed by atoms with van der Waals surface area (Å²) in [4.78, 5) is 11.4. The van der Waals surface area contributed by atoms with Crippen LogP contribution in [-0.4, -0.2) is 33.1 Å². The minimum absolute atomic E-state index is 0.0142. The van der Waals surface area contributed by atoms with Crippen LogP contribution in [0.15, 0.2) is 0 Å². The third kappa shape index (κ3) is 2.23. The average molecular weight is 228 g/mol. The van der Waals surface area contributed by atoms with E-state index in [-0.39, 0.29) is 18.2 Å². The van der Waals surface area contributed by atoms with E-state index in [0.717, 1.165) is 32.3 Å². The van der Waals surface area contributed by atoms with E-state index in [1.54, 1.807) is 7.11 Å². The van der Waals surface area contributed by atoms with Crippen LogP contribution >= 0.6 is 0 Å². The molecule has 2 rings (SSSR count). The molecule has 0 N–H and O–H groups in total. The molecule has 1 saturated heterocycles. The lowest BCUT2D eigenvalue weighted by atomic mass is 9.74. The summed E-state index contributed by atoms with van der Waals surface area (Å²) in [7, 11) is 3.16. The average Bonchev–Trinajstić information content (AvgIpc) is 2.28. The SMILES string of the molecule is COC(=O)[C@H]1CC[C@H](C2COC2OC)CC1. The Kier molecular flexibility index (Phi) is 3.82. The molecule has 0 aromatic carbocycles. The second-order valence-corrected chi connectivity index (χ2v) is 4.74. The normalized spacial score (nSPS) is 38.9. The Balaban J connectivity index is 1.79. The van der Waals surface area contributed by atoms with Gasteiger partial charge in [0.2, 0.25) is 0 Å². The molecule has 4 nitrogen and oxygen atoms in total. The number of carbonyl (C=O) groups excluding carboxylic acids is 1. The molecule has 1 aliphatic heterocycles. The van der Waals surface area contributed by atoms with Crippen molar-refractivity contribution in [1.29, 1.82) is 0 Å². The molecular formula is C12H20O4. The van der Waals surface area contributed by atoms with E-state index in [2.05, 4.69) is 0 Å². The molecule has 16 heavy (non-hydrogen) atoms. The standard InChI is InChI=1S/C12H20O4/c1-14-11(13)9-5-3-8(4-6-9)10-7-16-12(10)15-2/h8-10,12H,3-7H2,1-2H3/t8-,9-,10?,12?. The van der Waals surface area contributed by atoms with Crippen molar-refractivity contribution in [3.8, 4) is 0 Å². The molecule has 0 bridgehead atoms. The zero-order valence-corrected chi connectivity index (χ0v) is 9.98. The highest BCUT2D eigenvalue weighted by Gasteiger charge is 2.40. The summed E-state index contributed by atoms with van der Waals surface area (Å²) < 4.78 is 15.3. The van der Waals surface area contributed by atoms with Crippen molar-refractivity contribution in [2.24, 2.45) is 17.8 Å². The lowest BCUT2D eigenvalue weighted by Crippen LogP contribution is -2.46. The molecule has 0 radical (unpaired) electrons. The van der Waals surface area contributed by atoms with Gasteiger partial charge in [-0.05, 0) is 31.6 Å². The third-order valence-corrected chi connectivity index (χ3v) is 3.95. The van der Waals surface area contributed by atoms with Gasteiger partial charge in [-0.15, -0.1) is 0 Å². The van der Waals surface area contributed by atoms with Gasteiger partial charge >= 0.3 is 5.97 Å². The van der Waals surface area contributed by atoms with Crippen molar-refractivity contribution in [3.63, 3.8) is 0 Å². The van der Waals surface area contributed by atoms with Gasteiger partial charge in [0.25, 0.3) is 0 Å². The van der Waals surface area contributed by atoms with Gasteiger partial charge in [0.05, 0.1) is 19.6 Å². The van der Waals surface area contributed by atoms with Crippen molar-refractivity contribution in [2.45, 2.75) is 32.0 Å². The predicted octanol–water partition coefficient (Wildman–Crippen LogP) is 1.58. The van der Waals surface area contributed by atoms with E-state index in [0.29, 0.717) is 11.8 Å². The molecule has 1 aliphatic carbocycles. The summed E-state index contributed by atoms with van der Waals surface area (Å²) in [6.07, 6.45) is 4.07. The smallest absolute Gasteiger partial charge is 0.308 e. The number of rotatable bonds is 3. The molecule has 2 atom stereocenters. The van der Waals surface area contributed by atoms with Crippen LogP contribution in [-0.2, 0) is 19.0 Å². The zero-order valence-electron chi connectivity index (χ0n) is 9.98. The van der Waals surface area contributed by atoms with E-state index < -0.39 is 0 Å². The van der Waals surface area contributed by atoms with Gasteiger partial charge in [-0.3, -0.25) is 4.79 Å². The van der Waals surface area contributed by atoms with Gasteiger partial charge < -0.3 is 14.2 Å². The first kappa shape index (κ1) is 11.9. The lowest BCUT2D eigenvalue weighted by molar-refractivity contribution is -0.263. The van der Waals surface area contributed by atoms with Crippen LogP contribution in [0.1, 0.15) is 25.7 Å². The lowest BCUT2D eigenvalue weighted by Gasteiger charge is -2.42. The van der Waals surface area contributed by atoms with Crippen LogP contribution in [0.2, 0.25) is 0 Å². The first-order valence-corrected chi connectivity index (χ1v) is 5.98. The second kappa shape index (κ2) is 5.15. The van der Waals surface area contributed by atoms with E-state index >= 15 is 0 Å². The van der Waals surface area contributed by atoms with Crippen molar-refractivity contribution < 1.29 is 19.0 Å². The fourth-order valence-electron chi connectivity index (χ4n) is 2.84. The number of esters is 1. The van der Waals surface area contributed by atoms with Crippen molar-refractivity contribution in [3.05, 3.63) is 0 Å². The van der Waals surface area contributed by atoms with Crippen LogP contribution in [0, 0.1) is 17.8 Å². The van der Waals surface area contributed by atoms with Gasteiger partial charge in [0, 0.05) is 13.0 Å². The number of hydrogen-bond acceptors (Lipinski definition) is 4. The van der Waals surface area contributed by atoms with Crippen LogP contribution in [0.3, 0.4) is 0 Å². The van der Waals surface area contributed by atoms with Crippen molar-refractivity contribution >= 4 is 5.97 Å². The van der Waals surface area contributed by atoms with Gasteiger partial charge in [-0.25, -0.2) is 0 Å². The number of methoxy groups -OCH3 is 2. The van der Waals surface area contributed by atoms with E-state index in [9.17, 15) is 4.79 Å². The molecule has 2 aliphatic rings. The van der Waals surface area contributed by atoms with Crippen LogP contribution < -0.4 is 0 Å². The zero-order chi connectivity index (χ0) is 11.5. The molecule has 4 heteroatoms. The Bertz CT molecular complexity index is 243. The highest BCUT2D eigenvalue weighted by molar-refractivity contribution is 5.72. The van der Waals surface area contributed by atoms with Gasteiger partial charge in [0.1, 0.15) is 0 Å².